The predicted octanol–water partition coefficient (Wildman–Crippen LogP) is 3.85. The van der Waals surface area contributed by atoms with Crippen LogP contribution in [0.1, 0.15) is 26.3 Å². The van der Waals surface area contributed by atoms with Crippen molar-refractivity contribution in [1.29, 1.82) is 0 Å². The number of hydrogen-bond acceptors (Lipinski definition) is 3. The van der Waals surface area contributed by atoms with Gasteiger partial charge in [0.2, 0.25) is 0 Å². The van der Waals surface area contributed by atoms with Crippen LogP contribution in [0.25, 0.3) is 10.1 Å². The third-order valence-electron chi connectivity index (χ3n) is 2.98. The molecule has 0 aliphatic heterocycles. The van der Waals surface area contributed by atoms with Crippen LogP contribution in [0.2, 0.25) is 0 Å². The number of thiophene rings is 1. The maximum Gasteiger partial charge on any atom is 0.0591 e. The highest BCUT2D eigenvalue weighted by atomic mass is 32.1. The molecule has 0 fully saturated rings. The van der Waals surface area contributed by atoms with Crippen molar-refractivity contribution in [2.75, 3.05) is 19.8 Å². The van der Waals surface area contributed by atoms with Crippen LogP contribution >= 0.6 is 11.3 Å². The van der Waals surface area contributed by atoms with Crippen LogP contribution in [-0.2, 0) is 11.2 Å². The summed E-state index contributed by atoms with van der Waals surface area (Å²) >= 11 is 1.82. The second-order valence-electron chi connectivity index (χ2n) is 5.80. The second kappa shape index (κ2) is 6.51. The standard InChI is InChI=1S/C16H23NOS/c1-16(2,3)17-9-11-18-10-8-13-12-19-15-7-5-4-6-14(13)15/h4-7,12,17H,8-11H2,1-3H3. The Labute approximate surface area is 119 Å². The zero-order chi connectivity index (χ0) is 13.7. The Hall–Kier alpha value is -0.900. The molecule has 2 aromatic rings. The molecule has 1 aromatic heterocycles. The normalized spacial score (nSPS) is 12.2. The zero-order valence-corrected chi connectivity index (χ0v) is 12.8. The van der Waals surface area contributed by atoms with Crippen molar-refractivity contribution in [3.63, 3.8) is 0 Å². The molecule has 0 bridgehead atoms. The van der Waals surface area contributed by atoms with Crippen molar-refractivity contribution in [1.82, 2.24) is 5.32 Å². The second-order valence-corrected chi connectivity index (χ2v) is 6.71. The zero-order valence-electron chi connectivity index (χ0n) is 12.0. The van der Waals surface area contributed by atoms with Crippen LogP contribution in [0, 0.1) is 0 Å². The van der Waals surface area contributed by atoms with E-state index in [0.717, 1.165) is 26.2 Å². The summed E-state index contributed by atoms with van der Waals surface area (Å²) in [4.78, 5) is 0. The number of ether oxygens (including phenoxy) is 1. The first-order chi connectivity index (χ1) is 9.06. The molecule has 2 rings (SSSR count). The van der Waals surface area contributed by atoms with E-state index < -0.39 is 0 Å². The van der Waals surface area contributed by atoms with Gasteiger partial charge >= 0.3 is 0 Å². The van der Waals surface area contributed by atoms with Crippen molar-refractivity contribution in [2.45, 2.75) is 32.7 Å². The van der Waals surface area contributed by atoms with Gasteiger partial charge in [0.1, 0.15) is 0 Å². The van der Waals surface area contributed by atoms with Gasteiger partial charge in [-0.3, -0.25) is 0 Å². The number of benzene rings is 1. The molecule has 0 amide bonds. The van der Waals surface area contributed by atoms with Gasteiger partial charge in [-0.2, -0.15) is 0 Å². The largest absolute Gasteiger partial charge is 0.380 e. The maximum atomic E-state index is 5.69. The highest BCUT2D eigenvalue weighted by Crippen LogP contribution is 2.25. The average molecular weight is 277 g/mol. The minimum Gasteiger partial charge on any atom is -0.380 e. The summed E-state index contributed by atoms with van der Waals surface area (Å²) in [5, 5.41) is 7.05. The van der Waals surface area contributed by atoms with E-state index in [1.807, 2.05) is 11.3 Å². The highest BCUT2D eigenvalue weighted by Gasteiger charge is 2.07. The Morgan fingerprint density at radius 1 is 1.16 bits per heavy atom. The molecule has 0 atom stereocenters. The fourth-order valence-electron chi connectivity index (χ4n) is 2.01. The van der Waals surface area contributed by atoms with Crippen LogP contribution in [0.3, 0.4) is 0 Å². The summed E-state index contributed by atoms with van der Waals surface area (Å²) < 4.78 is 7.06. The van der Waals surface area contributed by atoms with Crippen molar-refractivity contribution in [2.24, 2.45) is 0 Å². The molecular weight excluding hydrogens is 254 g/mol. The molecule has 0 spiro atoms. The fraction of sp³-hybridized carbons (Fsp3) is 0.500. The molecular formula is C16H23NOS. The molecule has 19 heavy (non-hydrogen) atoms. The number of nitrogens with one attached hydrogen (secondary N) is 1. The van der Waals surface area contributed by atoms with E-state index in [4.69, 9.17) is 4.74 Å². The average Bonchev–Trinajstić information content (AvgIpc) is 2.76. The van der Waals surface area contributed by atoms with Crippen molar-refractivity contribution in [3.8, 4) is 0 Å². The number of hydrogen-bond donors (Lipinski definition) is 1. The van der Waals surface area contributed by atoms with Crippen LogP contribution < -0.4 is 5.32 Å². The predicted molar refractivity (Wildman–Crippen MR) is 84.1 cm³/mol. The topological polar surface area (TPSA) is 21.3 Å². The summed E-state index contributed by atoms with van der Waals surface area (Å²) in [6, 6.07) is 8.57. The Morgan fingerprint density at radius 2 is 1.95 bits per heavy atom. The summed E-state index contributed by atoms with van der Waals surface area (Å²) in [6.45, 7) is 9.00. The van der Waals surface area contributed by atoms with E-state index in [0.29, 0.717) is 0 Å². The lowest BCUT2D eigenvalue weighted by Crippen LogP contribution is -2.38. The lowest BCUT2D eigenvalue weighted by Gasteiger charge is -2.20. The lowest BCUT2D eigenvalue weighted by molar-refractivity contribution is 0.134. The summed E-state index contributed by atoms with van der Waals surface area (Å²) in [7, 11) is 0. The Balaban J connectivity index is 1.71. The molecule has 0 aliphatic carbocycles. The van der Waals surface area contributed by atoms with Crippen molar-refractivity contribution < 1.29 is 4.74 Å². The fourth-order valence-corrected chi connectivity index (χ4v) is 3.01. The van der Waals surface area contributed by atoms with Crippen LogP contribution in [0.5, 0.6) is 0 Å². The van der Waals surface area contributed by atoms with Gasteiger partial charge in [-0.15, -0.1) is 11.3 Å². The van der Waals surface area contributed by atoms with Gasteiger partial charge in [0.05, 0.1) is 13.2 Å². The minimum atomic E-state index is 0.174. The Morgan fingerprint density at radius 3 is 2.74 bits per heavy atom. The Kier molecular flexibility index (Phi) is 4.97. The van der Waals surface area contributed by atoms with E-state index >= 15 is 0 Å². The van der Waals surface area contributed by atoms with Crippen LogP contribution in [0.15, 0.2) is 29.6 Å². The third kappa shape index (κ3) is 4.60. The monoisotopic (exact) mass is 277 g/mol. The molecule has 0 saturated carbocycles. The molecule has 3 heteroatoms. The van der Waals surface area contributed by atoms with Gasteiger partial charge in [-0.05, 0) is 49.6 Å². The van der Waals surface area contributed by atoms with E-state index in [-0.39, 0.29) is 5.54 Å². The van der Waals surface area contributed by atoms with Gasteiger partial charge in [0.25, 0.3) is 0 Å². The maximum absolute atomic E-state index is 5.69. The molecule has 0 aliphatic rings. The molecule has 0 unspecified atom stereocenters. The van der Waals surface area contributed by atoms with Gasteiger partial charge in [-0.1, -0.05) is 18.2 Å². The first kappa shape index (κ1) is 14.5. The van der Waals surface area contributed by atoms with E-state index in [2.05, 4.69) is 55.7 Å². The SMILES string of the molecule is CC(C)(C)NCCOCCc1csc2ccccc12. The molecule has 1 heterocycles. The van der Waals surface area contributed by atoms with Gasteiger partial charge < -0.3 is 10.1 Å². The smallest absolute Gasteiger partial charge is 0.0591 e. The highest BCUT2D eigenvalue weighted by molar-refractivity contribution is 7.17. The molecule has 1 aromatic carbocycles. The van der Waals surface area contributed by atoms with Gasteiger partial charge in [0, 0.05) is 16.8 Å². The van der Waals surface area contributed by atoms with E-state index in [9.17, 15) is 0 Å². The molecule has 104 valence electrons. The number of fused-ring (bicyclic) bond motifs is 1. The van der Waals surface area contributed by atoms with Crippen molar-refractivity contribution in [3.05, 3.63) is 35.2 Å². The molecule has 0 radical (unpaired) electrons. The summed E-state index contributed by atoms with van der Waals surface area (Å²) in [5.41, 5.74) is 1.58. The lowest BCUT2D eigenvalue weighted by atomic mass is 10.1. The van der Waals surface area contributed by atoms with Gasteiger partial charge in [-0.25, -0.2) is 0 Å². The first-order valence-electron chi connectivity index (χ1n) is 6.84. The van der Waals surface area contributed by atoms with Crippen LogP contribution in [0.4, 0.5) is 0 Å². The quantitative estimate of drug-likeness (QED) is 0.810. The molecule has 2 nitrogen and oxygen atoms in total. The first-order valence-corrected chi connectivity index (χ1v) is 7.72. The molecule has 0 saturated heterocycles. The Bertz CT molecular complexity index is 513. The van der Waals surface area contributed by atoms with E-state index in [1.54, 1.807) is 0 Å². The van der Waals surface area contributed by atoms with E-state index in [1.165, 1.54) is 15.6 Å². The van der Waals surface area contributed by atoms with Gasteiger partial charge in [0.15, 0.2) is 0 Å². The number of rotatable bonds is 6. The van der Waals surface area contributed by atoms with Crippen molar-refractivity contribution >= 4 is 21.4 Å². The third-order valence-corrected chi connectivity index (χ3v) is 3.99. The molecule has 1 N–H and O–H groups in total. The summed E-state index contributed by atoms with van der Waals surface area (Å²) in [5.74, 6) is 0. The summed E-state index contributed by atoms with van der Waals surface area (Å²) in [6.07, 6.45) is 1.000. The minimum absolute atomic E-state index is 0.174. The van der Waals surface area contributed by atoms with Crippen LogP contribution in [-0.4, -0.2) is 25.3 Å².